The van der Waals surface area contributed by atoms with Crippen LogP contribution >= 0.6 is 11.3 Å². The van der Waals surface area contributed by atoms with Gasteiger partial charge in [-0.1, -0.05) is 18.2 Å². The molecule has 0 unspecified atom stereocenters. The molecular weight excluding hydrogens is 307 g/mol. The van der Waals surface area contributed by atoms with Gasteiger partial charge in [-0.2, -0.15) is 0 Å². The molecule has 0 aliphatic rings. The lowest BCUT2D eigenvalue weighted by atomic mass is 10.1. The van der Waals surface area contributed by atoms with E-state index in [-0.39, 0.29) is 5.82 Å². The second-order valence-corrected chi connectivity index (χ2v) is 6.80. The summed E-state index contributed by atoms with van der Waals surface area (Å²) in [6, 6.07) is 17.5. The van der Waals surface area contributed by atoms with Crippen LogP contribution < -0.4 is 4.90 Å². The van der Waals surface area contributed by atoms with Gasteiger partial charge in [0.1, 0.15) is 10.8 Å². The van der Waals surface area contributed by atoms with Crippen molar-refractivity contribution in [3.8, 4) is 10.6 Å². The van der Waals surface area contributed by atoms with E-state index in [4.69, 9.17) is 0 Å². The van der Waals surface area contributed by atoms with Gasteiger partial charge in [-0.3, -0.25) is 0 Å². The topological polar surface area (TPSA) is 16.1 Å². The average molecular weight is 322 g/mol. The number of anilines is 1. The molecule has 0 aliphatic carbocycles. The number of hydrogen-bond acceptors (Lipinski definition) is 3. The maximum atomic E-state index is 13.3. The van der Waals surface area contributed by atoms with Crippen LogP contribution in [0.1, 0.15) is 0 Å². The lowest BCUT2D eigenvalue weighted by molar-refractivity contribution is 0.629. The fraction of sp³-hybridized carbons (Fsp3) is 0.105. The second-order valence-electron chi connectivity index (χ2n) is 5.77. The fourth-order valence-electron chi connectivity index (χ4n) is 2.67. The maximum Gasteiger partial charge on any atom is 0.125 e. The second kappa shape index (κ2) is 5.32. The summed E-state index contributed by atoms with van der Waals surface area (Å²) in [7, 11) is 4.07. The van der Waals surface area contributed by atoms with Crippen LogP contribution in [0.4, 0.5) is 10.1 Å². The predicted octanol–water partition coefficient (Wildman–Crippen LogP) is 5.32. The number of hydrogen-bond donors (Lipinski definition) is 0. The number of aromatic nitrogens is 1. The van der Waals surface area contributed by atoms with Crippen molar-refractivity contribution in [2.45, 2.75) is 0 Å². The molecular formula is C19H15FN2S. The van der Waals surface area contributed by atoms with Gasteiger partial charge in [0.2, 0.25) is 0 Å². The molecule has 1 heterocycles. The first-order chi connectivity index (χ1) is 11.1. The molecule has 0 fully saturated rings. The molecule has 23 heavy (non-hydrogen) atoms. The first kappa shape index (κ1) is 14.2. The summed E-state index contributed by atoms with van der Waals surface area (Å²) in [6.45, 7) is 0. The molecule has 4 rings (SSSR count). The molecule has 0 saturated heterocycles. The van der Waals surface area contributed by atoms with Crippen LogP contribution in [0.2, 0.25) is 0 Å². The molecule has 4 heteroatoms. The minimum absolute atomic E-state index is 0.246. The van der Waals surface area contributed by atoms with E-state index in [0.29, 0.717) is 5.52 Å². The third-order valence-electron chi connectivity index (χ3n) is 3.94. The normalized spacial score (nSPS) is 11.3. The molecule has 2 nitrogen and oxygen atoms in total. The zero-order chi connectivity index (χ0) is 16.0. The standard InChI is InChI=1S/C19H15FN2S/c1-22(2)16-7-5-12-9-14(4-3-13(12)10-16)19-21-17-11-15(20)6-8-18(17)23-19/h3-11H,1-2H3. The summed E-state index contributed by atoms with van der Waals surface area (Å²) in [6.07, 6.45) is 0. The number of fused-ring (bicyclic) bond motifs is 2. The Hall–Kier alpha value is -2.46. The molecule has 0 saturated carbocycles. The summed E-state index contributed by atoms with van der Waals surface area (Å²) < 4.78 is 14.3. The van der Waals surface area contributed by atoms with Gasteiger partial charge in [0.25, 0.3) is 0 Å². The Morgan fingerprint density at radius 1 is 0.913 bits per heavy atom. The highest BCUT2D eigenvalue weighted by Crippen LogP contribution is 2.32. The van der Waals surface area contributed by atoms with Gasteiger partial charge in [0.05, 0.1) is 10.2 Å². The van der Waals surface area contributed by atoms with Crippen molar-refractivity contribution in [1.29, 1.82) is 0 Å². The number of nitrogens with zero attached hydrogens (tertiary/aromatic N) is 2. The zero-order valence-electron chi connectivity index (χ0n) is 12.9. The number of benzene rings is 3. The number of halogens is 1. The van der Waals surface area contributed by atoms with Gasteiger partial charge < -0.3 is 4.90 Å². The van der Waals surface area contributed by atoms with E-state index in [0.717, 1.165) is 15.3 Å². The first-order valence-corrected chi connectivity index (χ1v) is 8.19. The largest absolute Gasteiger partial charge is 0.378 e. The van der Waals surface area contributed by atoms with Crippen molar-refractivity contribution in [2.24, 2.45) is 0 Å². The van der Waals surface area contributed by atoms with Crippen LogP contribution in [-0.2, 0) is 0 Å². The molecule has 4 aromatic rings. The lowest BCUT2D eigenvalue weighted by Crippen LogP contribution is -2.07. The van der Waals surface area contributed by atoms with Gasteiger partial charge in [0.15, 0.2) is 0 Å². The van der Waals surface area contributed by atoms with E-state index in [2.05, 4.69) is 46.3 Å². The molecule has 0 radical (unpaired) electrons. The molecule has 114 valence electrons. The van der Waals surface area contributed by atoms with Crippen molar-refractivity contribution in [3.63, 3.8) is 0 Å². The van der Waals surface area contributed by atoms with Crippen molar-refractivity contribution < 1.29 is 4.39 Å². The molecule has 0 amide bonds. The van der Waals surface area contributed by atoms with Gasteiger partial charge in [-0.15, -0.1) is 11.3 Å². The summed E-state index contributed by atoms with van der Waals surface area (Å²) in [5.41, 5.74) is 2.96. The zero-order valence-corrected chi connectivity index (χ0v) is 13.7. The smallest absolute Gasteiger partial charge is 0.125 e. The van der Waals surface area contributed by atoms with Crippen molar-refractivity contribution in [3.05, 3.63) is 60.4 Å². The van der Waals surface area contributed by atoms with Crippen molar-refractivity contribution >= 4 is 38.0 Å². The SMILES string of the molecule is CN(C)c1ccc2cc(-c3nc4cc(F)ccc4s3)ccc2c1. The van der Waals surface area contributed by atoms with Gasteiger partial charge in [-0.25, -0.2) is 9.37 Å². The molecule has 0 N–H and O–H groups in total. The Labute approximate surface area is 137 Å². The molecule has 0 aliphatic heterocycles. The van der Waals surface area contributed by atoms with Crippen molar-refractivity contribution in [1.82, 2.24) is 4.98 Å². The van der Waals surface area contributed by atoms with Crippen LogP contribution in [-0.4, -0.2) is 19.1 Å². The third-order valence-corrected chi connectivity index (χ3v) is 5.02. The number of rotatable bonds is 2. The molecule has 0 bridgehead atoms. The predicted molar refractivity (Wildman–Crippen MR) is 96.8 cm³/mol. The van der Waals surface area contributed by atoms with Gasteiger partial charge in [0, 0.05) is 31.4 Å². The Balaban J connectivity index is 1.82. The summed E-state index contributed by atoms with van der Waals surface area (Å²) in [4.78, 5) is 6.66. The minimum atomic E-state index is -0.246. The average Bonchev–Trinajstić information content (AvgIpc) is 2.96. The lowest BCUT2D eigenvalue weighted by Gasteiger charge is -2.13. The van der Waals surface area contributed by atoms with E-state index in [1.807, 2.05) is 14.1 Å². The first-order valence-electron chi connectivity index (χ1n) is 7.38. The molecule has 3 aromatic carbocycles. The van der Waals surface area contributed by atoms with E-state index in [1.165, 1.54) is 28.6 Å². The van der Waals surface area contributed by atoms with Crippen LogP contribution in [0.3, 0.4) is 0 Å². The van der Waals surface area contributed by atoms with Crippen LogP contribution in [0.5, 0.6) is 0 Å². The Morgan fingerprint density at radius 3 is 2.52 bits per heavy atom. The van der Waals surface area contributed by atoms with Gasteiger partial charge in [-0.05, 0) is 41.1 Å². The van der Waals surface area contributed by atoms with Crippen LogP contribution in [0.15, 0.2) is 54.6 Å². The number of thiazole rings is 1. The summed E-state index contributed by atoms with van der Waals surface area (Å²) in [5, 5.41) is 3.30. The highest BCUT2D eigenvalue weighted by Gasteiger charge is 2.08. The van der Waals surface area contributed by atoms with E-state index in [1.54, 1.807) is 17.4 Å². The van der Waals surface area contributed by atoms with E-state index < -0.39 is 0 Å². The van der Waals surface area contributed by atoms with Crippen LogP contribution in [0.25, 0.3) is 31.6 Å². The van der Waals surface area contributed by atoms with Gasteiger partial charge >= 0.3 is 0 Å². The molecule has 0 spiro atoms. The van der Waals surface area contributed by atoms with Crippen LogP contribution in [0, 0.1) is 5.82 Å². The van der Waals surface area contributed by atoms with E-state index >= 15 is 0 Å². The van der Waals surface area contributed by atoms with Crippen molar-refractivity contribution in [2.75, 3.05) is 19.0 Å². The fourth-order valence-corrected chi connectivity index (χ4v) is 3.61. The minimum Gasteiger partial charge on any atom is -0.378 e. The third kappa shape index (κ3) is 2.55. The highest BCUT2D eigenvalue weighted by atomic mass is 32.1. The molecule has 1 aromatic heterocycles. The maximum absolute atomic E-state index is 13.3. The van der Waals surface area contributed by atoms with E-state index in [9.17, 15) is 4.39 Å². The highest BCUT2D eigenvalue weighted by molar-refractivity contribution is 7.21. The molecule has 0 atom stereocenters. The quantitative estimate of drug-likeness (QED) is 0.496. The summed E-state index contributed by atoms with van der Waals surface area (Å²) >= 11 is 1.59. The Kier molecular flexibility index (Phi) is 3.27. The Morgan fingerprint density at radius 2 is 1.70 bits per heavy atom. The summed E-state index contributed by atoms with van der Waals surface area (Å²) in [5.74, 6) is -0.246. The Bertz CT molecular complexity index is 1020. The monoisotopic (exact) mass is 322 g/mol.